The van der Waals surface area contributed by atoms with Gasteiger partial charge < -0.3 is 22.5 Å². The van der Waals surface area contributed by atoms with E-state index in [9.17, 15) is 9.59 Å². The number of benzene rings is 1. The highest BCUT2D eigenvalue weighted by atomic mass is 16.2. The van der Waals surface area contributed by atoms with Gasteiger partial charge in [0.25, 0.3) is 0 Å². The first kappa shape index (κ1) is 13.0. The summed E-state index contributed by atoms with van der Waals surface area (Å²) in [6.07, 6.45) is 0.326. The number of nitrogens with two attached hydrogens (primary N) is 3. The largest absolute Gasteiger partial charge is 0.399 e. The van der Waals surface area contributed by atoms with E-state index in [1.165, 1.54) is 0 Å². The molecule has 0 unspecified atom stereocenters. The first-order valence-corrected chi connectivity index (χ1v) is 5.19. The Morgan fingerprint density at radius 1 is 1.24 bits per heavy atom. The summed E-state index contributed by atoms with van der Waals surface area (Å²) < 4.78 is 0. The maximum Gasteiger partial charge on any atom is 0.241 e. The molecule has 1 aromatic rings. The Kier molecular flexibility index (Phi) is 4.47. The highest BCUT2D eigenvalue weighted by Gasteiger charge is 2.14. The quantitative estimate of drug-likeness (QED) is 0.528. The summed E-state index contributed by atoms with van der Waals surface area (Å²) in [5, 5.41) is 2.62. The van der Waals surface area contributed by atoms with Gasteiger partial charge in [0.05, 0.1) is 6.04 Å². The fraction of sp³-hybridized carbons (Fsp3) is 0.273. The number of hydrogen-bond acceptors (Lipinski definition) is 4. The van der Waals surface area contributed by atoms with E-state index in [2.05, 4.69) is 5.32 Å². The lowest BCUT2D eigenvalue weighted by Gasteiger charge is -2.11. The van der Waals surface area contributed by atoms with Crippen molar-refractivity contribution in [1.82, 2.24) is 0 Å². The van der Waals surface area contributed by atoms with Crippen LogP contribution >= 0.6 is 0 Å². The third kappa shape index (κ3) is 4.52. The minimum atomic E-state index is -0.750. The normalized spacial score (nSPS) is 11.8. The molecule has 92 valence electrons. The highest BCUT2D eigenvalue weighted by molar-refractivity contribution is 5.95. The Bertz CT molecular complexity index is 402. The molecule has 0 aliphatic heterocycles. The number of hydrogen-bond donors (Lipinski definition) is 4. The van der Waals surface area contributed by atoms with Crippen molar-refractivity contribution in [3.8, 4) is 0 Å². The summed E-state index contributed by atoms with van der Waals surface area (Å²) in [5.41, 5.74) is 17.3. The van der Waals surface area contributed by atoms with Crippen molar-refractivity contribution in [2.75, 3.05) is 11.1 Å². The second-order valence-electron chi connectivity index (χ2n) is 3.72. The third-order valence-electron chi connectivity index (χ3n) is 2.22. The standard InChI is InChI=1S/C11H16N4O2/c12-7-1-3-8(4-2-7)15-11(17)9(13)5-6-10(14)16/h1-4,9H,5-6,12-13H2,(H2,14,16)(H,15,17)/t9-/m0/s1. The maximum absolute atomic E-state index is 11.6. The van der Waals surface area contributed by atoms with E-state index in [4.69, 9.17) is 17.2 Å². The van der Waals surface area contributed by atoms with Crippen molar-refractivity contribution in [3.05, 3.63) is 24.3 Å². The molecule has 0 aromatic heterocycles. The molecular formula is C11H16N4O2. The molecule has 6 nitrogen and oxygen atoms in total. The monoisotopic (exact) mass is 236 g/mol. The molecule has 0 spiro atoms. The van der Waals surface area contributed by atoms with Crippen LogP contribution in [0.4, 0.5) is 11.4 Å². The van der Waals surface area contributed by atoms with Crippen LogP contribution in [0.15, 0.2) is 24.3 Å². The van der Waals surface area contributed by atoms with Crippen LogP contribution in [-0.4, -0.2) is 17.9 Å². The summed E-state index contributed by atoms with van der Waals surface area (Å²) in [6, 6.07) is 5.94. The van der Waals surface area contributed by atoms with Crippen LogP contribution in [0.5, 0.6) is 0 Å². The predicted octanol–water partition coefficient (Wildman–Crippen LogP) is -0.200. The average molecular weight is 236 g/mol. The Morgan fingerprint density at radius 2 is 1.82 bits per heavy atom. The van der Waals surface area contributed by atoms with E-state index in [1.807, 2.05) is 0 Å². The molecule has 0 aliphatic carbocycles. The van der Waals surface area contributed by atoms with Crippen LogP contribution in [0.1, 0.15) is 12.8 Å². The summed E-state index contributed by atoms with van der Waals surface area (Å²) >= 11 is 0. The van der Waals surface area contributed by atoms with Crippen molar-refractivity contribution in [3.63, 3.8) is 0 Å². The van der Waals surface area contributed by atoms with E-state index in [1.54, 1.807) is 24.3 Å². The Hall–Kier alpha value is -2.08. The zero-order chi connectivity index (χ0) is 12.8. The fourth-order valence-corrected chi connectivity index (χ4v) is 1.23. The maximum atomic E-state index is 11.6. The molecular weight excluding hydrogens is 220 g/mol. The molecule has 0 radical (unpaired) electrons. The van der Waals surface area contributed by atoms with E-state index in [0.29, 0.717) is 11.4 Å². The van der Waals surface area contributed by atoms with Crippen molar-refractivity contribution in [2.24, 2.45) is 11.5 Å². The van der Waals surface area contributed by atoms with Crippen LogP contribution in [0.2, 0.25) is 0 Å². The number of amides is 2. The Balaban J connectivity index is 2.48. The van der Waals surface area contributed by atoms with Gasteiger partial charge in [-0.2, -0.15) is 0 Å². The first-order valence-electron chi connectivity index (χ1n) is 5.19. The number of nitrogen functional groups attached to an aromatic ring is 1. The molecule has 0 bridgehead atoms. The highest BCUT2D eigenvalue weighted by Crippen LogP contribution is 2.11. The van der Waals surface area contributed by atoms with Gasteiger partial charge in [0.1, 0.15) is 0 Å². The molecule has 0 saturated carbocycles. The lowest BCUT2D eigenvalue weighted by molar-refractivity contribution is -0.119. The summed E-state index contributed by atoms with van der Waals surface area (Å²) in [5.74, 6) is -0.822. The molecule has 7 N–H and O–H groups in total. The topological polar surface area (TPSA) is 124 Å². The third-order valence-corrected chi connectivity index (χ3v) is 2.22. The molecule has 0 aliphatic rings. The van der Waals surface area contributed by atoms with Gasteiger partial charge in [-0.15, -0.1) is 0 Å². The second kappa shape index (κ2) is 5.86. The Labute approximate surface area is 99.1 Å². The van der Waals surface area contributed by atoms with Crippen LogP contribution < -0.4 is 22.5 Å². The summed E-state index contributed by atoms with van der Waals surface area (Å²) in [4.78, 5) is 22.1. The van der Waals surface area contributed by atoms with Gasteiger partial charge in [-0.1, -0.05) is 0 Å². The predicted molar refractivity (Wildman–Crippen MR) is 65.9 cm³/mol. The summed E-state index contributed by atoms with van der Waals surface area (Å²) in [6.45, 7) is 0. The van der Waals surface area contributed by atoms with Crippen molar-refractivity contribution in [1.29, 1.82) is 0 Å². The minimum absolute atomic E-state index is 0.0936. The molecule has 0 fully saturated rings. The van der Waals surface area contributed by atoms with Gasteiger partial charge in [0, 0.05) is 17.8 Å². The minimum Gasteiger partial charge on any atom is -0.399 e. The van der Waals surface area contributed by atoms with E-state index < -0.39 is 11.9 Å². The van der Waals surface area contributed by atoms with Crippen molar-refractivity contribution < 1.29 is 9.59 Å². The van der Waals surface area contributed by atoms with Crippen LogP contribution in [-0.2, 0) is 9.59 Å². The smallest absolute Gasteiger partial charge is 0.241 e. The number of rotatable bonds is 5. The average Bonchev–Trinajstić information content (AvgIpc) is 2.28. The molecule has 1 rings (SSSR count). The fourth-order valence-electron chi connectivity index (χ4n) is 1.23. The molecule has 2 amide bonds. The molecule has 0 heterocycles. The number of carbonyl (C=O) groups is 2. The van der Waals surface area contributed by atoms with Crippen molar-refractivity contribution in [2.45, 2.75) is 18.9 Å². The lowest BCUT2D eigenvalue weighted by Crippen LogP contribution is -2.36. The summed E-state index contributed by atoms with van der Waals surface area (Å²) in [7, 11) is 0. The number of primary amides is 1. The molecule has 0 saturated heterocycles. The zero-order valence-electron chi connectivity index (χ0n) is 9.35. The molecule has 1 aromatic carbocycles. The lowest BCUT2D eigenvalue weighted by atomic mass is 10.1. The number of carbonyl (C=O) groups excluding carboxylic acids is 2. The van der Waals surface area contributed by atoms with Gasteiger partial charge in [0.2, 0.25) is 11.8 Å². The van der Waals surface area contributed by atoms with E-state index >= 15 is 0 Å². The van der Waals surface area contributed by atoms with Crippen LogP contribution in [0.25, 0.3) is 0 Å². The van der Waals surface area contributed by atoms with Crippen molar-refractivity contribution >= 4 is 23.2 Å². The van der Waals surface area contributed by atoms with Gasteiger partial charge in [0.15, 0.2) is 0 Å². The number of nitrogens with one attached hydrogen (secondary N) is 1. The van der Waals surface area contributed by atoms with Gasteiger partial charge in [-0.3, -0.25) is 9.59 Å². The number of anilines is 2. The Morgan fingerprint density at radius 3 is 2.35 bits per heavy atom. The van der Waals surface area contributed by atoms with Crippen LogP contribution in [0.3, 0.4) is 0 Å². The molecule has 1 atom stereocenters. The first-order chi connectivity index (χ1) is 7.99. The molecule has 17 heavy (non-hydrogen) atoms. The zero-order valence-corrected chi connectivity index (χ0v) is 9.35. The van der Waals surface area contributed by atoms with Gasteiger partial charge >= 0.3 is 0 Å². The molecule has 6 heteroatoms. The van der Waals surface area contributed by atoms with E-state index in [-0.39, 0.29) is 18.7 Å². The second-order valence-corrected chi connectivity index (χ2v) is 3.72. The van der Waals surface area contributed by atoms with E-state index in [0.717, 1.165) is 0 Å². The van der Waals surface area contributed by atoms with Gasteiger partial charge in [-0.25, -0.2) is 0 Å². The SMILES string of the molecule is NC(=O)CC[C@H](N)C(=O)Nc1ccc(N)cc1. The van der Waals surface area contributed by atoms with Gasteiger partial charge in [-0.05, 0) is 30.7 Å². The van der Waals surface area contributed by atoms with Crippen LogP contribution in [0, 0.1) is 0 Å².